The van der Waals surface area contributed by atoms with E-state index in [4.69, 9.17) is 9.52 Å². The molecule has 7 heteroatoms. The number of pyridine rings is 1. The van der Waals surface area contributed by atoms with Crippen LogP contribution in [-0.2, 0) is 6.54 Å². The highest BCUT2D eigenvalue weighted by Crippen LogP contribution is 2.09. The van der Waals surface area contributed by atoms with E-state index in [2.05, 4.69) is 15.3 Å². The van der Waals surface area contributed by atoms with E-state index in [0.29, 0.717) is 11.7 Å². The van der Waals surface area contributed by atoms with E-state index in [9.17, 15) is 9.59 Å². The molecule has 0 atom stereocenters. The van der Waals surface area contributed by atoms with Crippen molar-refractivity contribution in [2.75, 3.05) is 0 Å². The predicted molar refractivity (Wildman–Crippen MR) is 68.3 cm³/mol. The number of nitrogens with zero attached hydrogens (tertiary/aromatic N) is 2. The van der Waals surface area contributed by atoms with Crippen LogP contribution in [0.5, 0.6) is 0 Å². The molecule has 0 spiro atoms. The molecule has 104 valence electrons. The third-order valence-electron chi connectivity index (χ3n) is 2.73. The molecule has 0 aliphatic heterocycles. The van der Waals surface area contributed by atoms with Crippen molar-refractivity contribution in [2.45, 2.75) is 20.4 Å². The highest BCUT2D eigenvalue weighted by atomic mass is 16.4. The first-order valence-corrected chi connectivity index (χ1v) is 5.88. The number of aryl methyl sites for hydroxylation is 2. The van der Waals surface area contributed by atoms with Crippen molar-refractivity contribution in [3.8, 4) is 0 Å². The van der Waals surface area contributed by atoms with Crippen molar-refractivity contribution in [1.82, 2.24) is 15.3 Å². The van der Waals surface area contributed by atoms with Gasteiger partial charge >= 0.3 is 5.97 Å². The third kappa shape index (κ3) is 2.82. The van der Waals surface area contributed by atoms with Crippen molar-refractivity contribution in [3.05, 3.63) is 46.9 Å². The molecule has 0 fully saturated rings. The largest absolute Gasteiger partial charge is 0.478 e. The van der Waals surface area contributed by atoms with Crippen LogP contribution >= 0.6 is 0 Å². The quantitative estimate of drug-likeness (QED) is 0.871. The van der Waals surface area contributed by atoms with Crippen LogP contribution in [0.3, 0.4) is 0 Å². The minimum Gasteiger partial charge on any atom is -0.478 e. The van der Waals surface area contributed by atoms with E-state index in [-0.39, 0.29) is 17.8 Å². The van der Waals surface area contributed by atoms with Gasteiger partial charge in [0.25, 0.3) is 5.91 Å². The summed E-state index contributed by atoms with van der Waals surface area (Å²) < 4.78 is 5.32. The van der Waals surface area contributed by atoms with Crippen LogP contribution < -0.4 is 5.32 Å². The summed E-state index contributed by atoms with van der Waals surface area (Å²) >= 11 is 0. The Kier molecular flexibility index (Phi) is 3.79. The summed E-state index contributed by atoms with van der Waals surface area (Å²) in [4.78, 5) is 30.8. The topological polar surface area (TPSA) is 105 Å². The molecule has 0 aliphatic rings. The Morgan fingerprint density at radius 2 is 2.15 bits per heavy atom. The lowest BCUT2D eigenvalue weighted by Crippen LogP contribution is -2.26. The minimum atomic E-state index is -1.20. The maximum Gasteiger partial charge on any atom is 0.338 e. The zero-order chi connectivity index (χ0) is 14.7. The zero-order valence-corrected chi connectivity index (χ0v) is 11.0. The van der Waals surface area contributed by atoms with Crippen LogP contribution in [-0.4, -0.2) is 27.0 Å². The molecule has 0 saturated carbocycles. The lowest BCUT2D eigenvalue weighted by atomic mass is 10.2. The molecule has 2 heterocycles. The fourth-order valence-electron chi connectivity index (χ4n) is 1.61. The van der Waals surface area contributed by atoms with Crippen molar-refractivity contribution >= 4 is 11.9 Å². The summed E-state index contributed by atoms with van der Waals surface area (Å²) in [5, 5.41) is 11.5. The maximum absolute atomic E-state index is 11.9. The van der Waals surface area contributed by atoms with Crippen LogP contribution in [0, 0.1) is 13.8 Å². The first kappa shape index (κ1) is 13.7. The Bertz CT molecular complexity index is 644. The molecule has 0 unspecified atom stereocenters. The molecule has 0 aromatic carbocycles. The fraction of sp³-hybridized carbons (Fsp3) is 0.231. The number of nitrogens with one attached hydrogen (secondary N) is 1. The predicted octanol–water partition coefficient (Wildman–Crippen LogP) is 1.31. The smallest absolute Gasteiger partial charge is 0.338 e. The summed E-state index contributed by atoms with van der Waals surface area (Å²) in [5.41, 5.74) is 0.461. The van der Waals surface area contributed by atoms with Gasteiger partial charge in [-0.15, -0.1) is 0 Å². The second-order valence-corrected chi connectivity index (χ2v) is 4.14. The first-order valence-electron chi connectivity index (χ1n) is 5.88. The molecule has 0 aliphatic carbocycles. The minimum absolute atomic E-state index is 0.0726. The Hall–Kier alpha value is -2.70. The number of carboxylic acids is 1. The second-order valence-electron chi connectivity index (χ2n) is 4.14. The lowest BCUT2D eigenvalue weighted by molar-refractivity contribution is 0.0690. The average Bonchev–Trinajstić information content (AvgIpc) is 2.75. The van der Waals surface area contributed by atoms with Gasteiger partial charge in [0.2, 0.25) is 5.89 Å². The molecule has 7 nitrogen and oxygen atoms in total. The average molecular weight is 275 g/mol. The number of amides is 1. The van der Waals surface area contributed by atoms with Crippen LogP contribution in [0.1, 0.15) is 38.2 Å². The third-order valence-corrected chi connectivity index (χ3v) is 2.73. The SMILES string of the molecule is Cc1nc(CNC(=O)c2ncccc2C(=O)O)oc1C. The van der Waals surface area contributed by atoms with E-state index in [1.807, 2.05) is 0 Å². The number of hydrogen-bond acceptors (Lipinski definition) is 5. The molecule has 2 N–H and O–H groups in total. The molecule has 2 aromatic heterocycles. The van der Waals surface area contributed by atoms with Gasteiger partial charge in [-0.3, -0.25) is 9.78 Å². The van der Waals surface area contributed by atoms with Crippen LogP contribution in [0.15, 0.2) is 22.7 Å². The Labute approximate surface area is 114 Å². The molecule has 0 bridgehead atoms. The molecule has 0 radical (unpaired) electrons. The highest BCUT2D eigenvalue weighted by molar-refractivity contribution is 6.03. The van der Waals surface area contributed by atoms with Gasteiger partial charge in [0, 0.05) is 6.20 Å². The number of aromatic nitrogens is 2. The molecule has 0 saturated heterocycles. The summed E-state index contributed by atoms with van der Waals surface area (Å²) in [5.74, 6) is -0.748. The monoisotopic (exact) mass is 275 g/mol. The molecule has 20 heavy (non-hydrogen) atoms. The van der Waals surface area contributed by atoms with E-state index in [1.54, 1.807) is 13.8 Å². The zero-order valence-electron chi connectivity index (χ0n) is 11.0. The summed E-state index contributed by atoms with van der Waals surface area (Å²) in [6.07, 6.45) is 1.36. The standard InChI is InChI=1S/C13H13N3O4/c1-7-8(2)20-10(16-7)6-15-12(17)11-9(13(18)19)4-3-5-14-11/h3-5H,6H2,1-2H3,(H,15,17)(H,18,19). The van der Waals surface area contributed by atoms with Gasteiger partial charge in [-0.1, -0.05) is 0 Å². The number of carbonyl (C=O) groups excluding carboxylic acids is 1. The molecular formula is C13H13N3O4. The summed E-state index contributed by atoms with van der Waals surface area (Å²) in [7, 11) is 0. The van der Waals surface area contributed by atoms with E-state index >= 15 is 0 Å². The Morgan fingerprint density at radius 1 is 1.40 bits per heavy atom. The van der Waals surface area contributed by atoms with Gasteiger partial charge in [0.15, 0.2) is 0 Å². The molecular weight excluding hydrogens is 262 g/mol. The van der Waals surface area contributed by atoms with E-state index < -0.39 is 11.9 Å². The number of rotatable bonds is 4. The van der Waals surface area contributed by atoms with Crippen LogP contribution in [0.25, 0.3) is 0 Å². The molecule has 2 rings (SSSR count). The van der Waals surface area contributed by atoms with Gasteiger partial charge in [-0.05, 0) is 26.0 Å². The van der Waals surface area contributed by atoms with E-state index in [0.717, 1.165) is 5.69 Å². The van der Waals surface area contributed by atoms with Gasteiger partial charge in [0.05, 0.1) is 17.8 Å². The van der Waals surface area contributed by atoms with Gasteiger partial charge in [-0.2, -0.15) is 0 Å². The molecule has 1 amide bonds. The highest BCUT2D eigenvalue weighted by Gasteiger charge is 2.18. The van der Waals surface area contributed by atoms with Crippen molar-refractivity contribution in [1.29, 1.82) is 0 Å². The normalized spacial score (nSPS) is 10.3. The van der Waals surface area contributed by atoms with Crippen LogP contribution in [0.4, 0.5) is 0 Å². The second kappa shape index (κ2) is 5.52. The summed E-state index contributed by atoms with van der Waals surface area (Å²) in [6.45, 7) is 3.64. The number of oxazole rings is 1. The maximum atomic E-state index is 11.9. The van der Waals surface area contributed by atoms with Crippen LogP contribution in [0.2, 0.25) is 0 Å². The van der Waals surface area contributed by atoms with Gasteiger partial charge in [0.1, 0.15) is 11.5 Å². The van der Waals surface area contributed by atoms with Crippen molar-refractivity contribution in [2.24, 2.45) is 0 Å². The lowest BCUT2D eigenvalue weighted by Gasteiger charge is -2.04. The number of hydrogen-bond donors (Lipinski definition) is 2. The number of aromatic carboxylic acids is 1. The van der Waals surface area contributed by atoms with E-state index in [1.165, 1.54) is 18.3 Å². The number of carbonyl (C=O) groups is 2. The van der Waals surface area contributed by atoms with Gasteiger partial charge in [-0.25, -0.2) is 9.78 Å². The molecule has 2 aromatic rings. The van der Waals surface area contributed by atoms with Crippen molar-refractivity contribution < 1.29 is 19.1 Å². The Morgan fingerprint density at radius 3 is 2.75 bits per heavy atom. The number of carboxylic acid groups (broad SMARTS) is 1. The van der Waals surface area contributed by atoms with Crippen molar-refractivity contribution in [3.63, 3.8) is 0 Å². The van der Waals surface area contributed by atoms with Gasteiger partial charge < -0.3 is 14.8 Å². The fourth-order valence-corrected chi connectivity index (χ4v) is 1.61. The summed E-state index contributed by atoms with van der Waals surface area (Å²) in [6, 6.07) is 2.78. The Balaban J connectivity index is 2.11. The first-order chi connectivity index (χ1) is 9.49.